The SMILES string of the molecule is COc1ccc(N(C(=O)N2CCN(c3cccc(C)c3)C(C)C2)c2ncccc2C)c(C)c1C. The summed E-state index contributed by atoms with van der Waals surface area (Å²) < 4.78 is 5.51. The molecule has 178 valence electrons. The third kappa shape index (κ3) is 4.45. The third-order valence-corrected chi connectivity index (χ3v) is 6.79. The maximum atomic E-state index is 14.1. The number of carbonyl (C=O) groups excluding carboxylic acids is 1. The van der Waals surface area contributed by atoms with Gasteiger partial charge in [0.2, 0.25) is 0 Å². The highest BCUT2D eigenvalue weighted by Crippen LogP contribution is 2.35. The molecule has 4 rings (SSSR count). The molecule has 1 saturated heterocycles. The van der Waals surface area contributed by atoms with E-state index in [1.807, 2.05) is 49.9 Å². The van der Waals surface area contributed by atoms with Gasteiger partial charge in [-0.3, -0.25) is 0 Å². The number of benzene rings is 2. The van der Waals surface area contributed by atoms with E-state index in [0.29, 0.717) is 18.9 Å². The van der Waals surface area contributed by atoms with E-state index >= 15 is 0 Å². The fourth-order valence-corrected chi connectivity index (χ4v) is 4.73. The van der Waals surface area contributed by atoms with E-state index in [0.717, 1.165) is 34.7 Å². The summed E-state index contributed by atoms with van der Waals surface area (Å²) in [7, 11) is 1.67. The lowest BCUT2D eigenvalue weighted by Crippen LogP contribution is -2.56. The van der Waals surface area contributed by atoms with Gasteiger partial charge in [-0.1, -0.05) is 18.2 Å². The number of carbonyl (C=O) groups is 1. The van der Waals surface area contributed by atoms with Crippen molar-refractivity contribution in [3.05, 3.63) is 77.0 Å². The van der Waals surface area contributed by atoms with E-state index in [-0.39, 0.29) is 12.1 Å². The van der Waals surface area contributed by atoms with Crippen LogP contribution in [0.5, 0.6) is 5.75 Å². The Hall–Kier alpha value is -3.54. The first-order valence-corrected chi connectivity index (χ1v) is 11.8. The van der Waals surface area contributed by atoms with Crippen molar-refractivity contribution in [3.63, 3.8) is 0 Å². The lowest BCUT2D eigenvalue weighted by molar-refractivity contribution is 0.195. The zero-order valence-corrected chi connectivity index (χ0v) is 21.0. The molecule has 6 nitrogen and oxygen atoms in total. The predicted molar refractivity (Wildman–Crippen MR) is 139 cm³/mol. The summed E-state index contributed by atoms with van der Waals surface area (Å²) >= 11 is 0. The third-order valence-electron chi connectivity index (χ3n) is 6.79. The summed E-state index contributed by atoms with van der Waals surface area (Å²) in [6.45, 7) is 12.4. The van der Waals surface area contributed by atoms with E-state index < -0.39 is 0 Å². The van der Waals surface area contributed by atoms with Crippen LogP contribution in [0.25, 0.3) is 0 Å². The number of urea groups is 1. The minimum absolute atomic E-state index is 0.0507. The Bertz CT molecular complexity index is 1190. The Morgan fingerprint density at radius 2 is 1.82 bits per heavy atom. The molecule has 0 bridgehead atoms. The number of rotatable bonds is 4. The van der Waals surface area contributed by atoms with Crippen LogP contribution in [0.15, 0.2) is 54.7 Å². The predicted octanol–water partition coefficient (Wildman–Crippen LogP) is 5.79. The Morgan fingerprint density at radius 1 is 1.03 bits per heavy atom. The number of nitrogens with zero attached hydrogens (tertiary/aromatic N) is 4. The number of anilines is 3. The Labute approximate surface area is 202 Å². The van der Waals surface area contributed by atoms with Crippen LogP contribution in [0.2, 0.25) is 0 Å². The Kier molecular flexibility index (Phi) is 6.77. The molecule has 1 aliphatic rings. The molecule has 34 heavy (non-hydrogen) atoms. The van der Waals surface area contributed by atoms with Crippen LogP contribution < -0.4 is 14.5 Å². The summed E-state index contributed by atoms with van der Waals surface area (Å²) in [5.41, 5.74) is 6.26. The molecule has 1 fully saturated rings. The van der Waals surface area contributed by atoms with Gasteiger partial charge in [0.1, 0.15) is 11.6 Å². The molecule has 6 heteroatoms. The number of aryl methyl sites for hydroxylation is 2. The van der Waals surface area contributed by atoms with Crippen molar-refractivity contribution in [3.8, 4) is 5.75 Å². The van der Waals surface area contributed by atoms with Gasteiger partial charge in [0.05, 0.1) is 12.8 Å². The van der Waals surface area contributed by atoms with Crippen LogP contribution >= 0.6 is 0 Å². The van der Waals surface area contributed by atoms with Crippen molar-refractivity contribution < 1.29 is 9.53 Å². The number of methoxy groups -OCH3 is 1. The van der Waals surface area contributed by atoms with Crippen LogP contribution in [-0.2, 0) is 0 Å². The molecule has 0 aliphatic carbocycles. The summed E-state index contributed by atoms with van der Waals surface area (Å²) in [6, 6.07) is 16.5. The standard InChI is InChI=1S/C28H34N4O2/c1-19-9-7-11-24(17-19)31-16-15-30(18-21(31)3)28(33)32(27-20(2)10-8-14-29-27)25-12-13-26(34-6)23(5)22(25)4/h7-14,17,21H,15-16,18H2,1-6H3. The second-order valence-corrected chi connectivity index (χ2v) is 9.13. The number of hydrogen-bond acceptors (Lipinski definition) is 4. The van der Waals surface area contributed by atoms with Crippen LogP contribution in [0.1, 0.15) is 29.2 Å². The van der Waals surface area contributed by atoms with Crippen molar-refractivity contribution >= 4 is 23.2 Å². The van der Waals surface area contributed by atoms with Gasteiger partial charge in [0.25, 0.3) is 0 Å². The minimum Gasteiger partial charge on any atom is -0.496 e. The van der Waals surface area contributed by atoms with Crippen molar-refractivity contribution in [1.82, 2.24) is 9.88 Å². The first kappa shape index (κ1) is 23.6. The number of piperazine rings is 1. The van der Waals surface area contributed by atoms with Crippen LogP contribution in [0.3, 0.4) is 0 Å². The quantitative estimate of drug-likeness (QED) is 0.496. The first-order chi connectivity index (χ1) is 16.3. The number of hydrogen-bond donors (Lipinski definition) is 0. The normalized spacial score (nSPS) is 15.9. The Morgan fingerprint density at radius 3 is 2.50 bits per heavy atom. The lowest BCUT2D eigenvalue weighted by Gasteiger charge is -2.43. The molecule has 1 aromatic heterocycles. The minimum atomic E-state index is -0.0507. The summed E-state index contributed by atoms with van der Waals surface area (Å²) in [4.78, 5) is 24.8. The van der Waals surface area contributed by atoms with E-state index in [1.165, 1.54) is 11.3 Å². The van der Waals surface area contributed by atoms with Crippen molar-refractivity contribution in [1.29, 1.82) is 0 Å². The molecule has 0 spiro atoms. The van der Waals surface area contributed by atoms with Gasteiger partial charge in [-0.05, 0) is 87.2 Å². The molecule has 1 atom stereocenters. The van der Waals surface area contributed by atoms with Crippen LogP contribution in [0.4, 0.5) is 22.0 Å². The lowest BCUT2D eigenvalue weighted by atomic mass is 10.1. The Balaban J connectivity index is 1.68. The average Bonchev–Trinajstić information content (AvgIpc) is 2.83. The molecule has 1 aliphatic heterocycles. The average molecular weight is 459 g/mol. The summed E-state index contributed by atoms with van der Waals surface area (Å²) in [5, 5.41) is 0. The monoisotopic (exact) mass is 458 g/mol. The highest BCUT2D eigenvalue weighted by Gasteiger charge is 2.33. The van der Waals surface area contributed by atoms with Gasteiger partial charge in [0.15, 0.2) is 0 Å². The van der Waals surface area contributed by atoms with Crippen LogP contribution in [-0.4, -0.2) is 48.7 Å². The second kappa shape index (κ2) is 9.75. The number of amides is 2. The van der Waals surface area contributed by atoms with Gasteiger partial charge in [-0.2, -0.15) is 0 Å². The summed E-state index contributed by atoms with van der Waals surface area (Å²) in [6.07, 6.45) is 1.74. The van der Waals surface area contributed by atoms with Gasteiger partial charge in [0, 0.05) is 37.6 Å². The van der Waals surface area contributed by atoms with E-state index in [1.54, 1.807) is 18.2 Å². The van der Waals surface area contributed by atoms with Crippen LogP contribution in [0, 0.1) is 27.7 Å². The maximum absolute atomic E-state index is 14.1. The van der Waals surface area contributed by atoms with Gasteiger partial charge in [-0.25, -0.2) is 14.7 Å². The largest absolute Gasteiger partial charge is 0.496 e. The van der Waals surface area contributed by atoms with E-state index in [2.05, 4.69) is 48.0 Å². The summed E-state index contributed by atoms with van der Waals surface area (Å²) in [5.74, 6) is 1.47. The molecule has 0 N–H and O–H groups in total. The first-order valence-electron chi connectivity index (χ1n) is 11.8. The fraction of sp³-hybridized carbons (Fsp3) is 0.357. The second-order valence-electron chi connectivity index (χ2n) is 9.13. The van der Waals surface area contributed by atoms with Crippen molar-refractivity contribution in [2.24, 2.45) is 0 Å². The molecule has 2 heterocycles. The maximum Gasteiger partial charge on any atom is 0.330 e. The zero-order valence-electron chi connectivity index (χ0n) is 21.0. The number of pyridine rings is 1. The molecule has 2 aromatic carbocycles. The van der Waals surface area contributed by atoms with Gasteiger partial charge < -0.3 is 14.5 Å². The zero-order chi connectivity index (χ0) is 24.4. The molecule has 1 unspecified atom stereocenters. The highest BCUT2D eigenvalue weighted by molar-refractivity contribution is 6.00. The van der Waals surface area contributed by atoms with Gasteiger partial charge >= 0.3 is 6.03 Å². The van der Waals surface area contributed by atoms with E-state index in [4.69, 9.17) is 4.74 Å². The topological polar surface area (TPSA) is 48.9 Å². The highest BCUT2D eigenvalue weighted by atomic mass is 16.5. The van der Waals surface area contributed by atoms with Crippen molar-refractivity contribution in [2.75, 3.05) is 36.5 Å². The smallest absolute Gasteiger partial charge is 0.330 e. The number of ether oxygens (including phenoxy) is 1. The van der Waals surface area contributed by atoms with Crippen molar-refractivity contribution in [2.45, 2.75) is 40.7 Å². The molecular weight excluding hydrogens is 424 g/mol. The number of aromatic nitrogens is 1. The molecule has 0 saturated carbocycles. The molecular formula is C28H34N4O2. The fourth-order valence-electron chi connectivity index (χ4n) is 4.73. The van der Waals surface area contributed by atoms with E-state index in [9.17, 15) is 4.79 Å². The molecule has 3 aromatic rings. The van der Waals surface area contributed by atoms with Gasteiger partial charge in [-0.15, -0.1) is 0 Å². The molecule has 0 radical (unpaired) electrons. The molecule has 2 amide bonds.